The molecule has 2 atom stereocenters. The lowest BCUT2D eigenvalue weighted by molar-refractivity contribution is 0.172. The molecule has 1 heterocycles. The second-order valence-electron chi connectivity index (χ2n) is 6.04. The molecule has 3 rings (SSSR count). The Morgan fingerprint density at radius 1 is 1.33 bits per heavy atom. The molecule has 2 aromatic carbocycles. The molecule has 0 unspecified atom stereocenters. The maximum atomic E-state index is 13.8. The van der Waals surface area contributed by atoms with Crippen LogP contribution in [-0.2, 0) is 6.54 Å². The van der Waals surface area contributed by atoms with Crippen molar-refractivity contribution in [3.05, 3.63) is 65.0 Å². The highest BCUT2D eigenvalue weighted by molar-refractivity contribution is 5.34. The van der Waals surface area contributed by atoms with Gasteiger partial charge in [0, 0.05) is 19.1 Å². The zero-order chi connectivity index (χ0) is 17.1. The van der Waals surface area contributed by atoms with Crippen LogP contribution in [0.5, 0.6) is 5.75 Å². The Morgan fingerprint density at radius 2 is 2.17 bits per heavy atom. The van der Waals surface area contributed by atoms with Crippen LogP contribution in [-0.4, -0.2) is 29.8 Å². The van der Waals surface area contributed by atoms with Crippen LogP contribution in [0, 0.1) is 17.1 Å². The van der Waals surface area contributed by atoms with Crippen molar-refractivity contribution in [2.24, 2.45) is 0 Å². The van der Waals surface area contributed by atoms with Crippen molar-refractivity contribution in [2.45, 2.75) is 25.1 Å². The number of aliphatic hydroxyl groups excluding tert-OH is 1. The lowest BCUT2D eigenvalue weighted by Crippen LogP contribution is -2.24. The zero-order valence-corrected chi connectivity index (χ0v) is 13.4. The molecule has 2 aromatic rings. The monoisotopic (exact) mass is 326 g/mol. The van der Waals surface area contributed by atoms with Gasteiger partial charge in [0.15, 0.2) is 0 Å². The summed E-state index contributed by atoms with van der Waals surface area (Å²) in [5.74, 6) is 0.269. The summed E-state index contributed by atoms with van der Waals surface area (Å²) in [6.45, 7) is 1.05. The number of hydrogen-bond acceptors (Lipinski definition) is 4. The topological polar surface area (TPSA) is 56.5 Å². The van der Waals surface area contributed by atoms with Crippen LogP contribution in [0.1, 0.15) is 29.2 Å². The highest BCUT2D eigenvalue weighted by Gasteiger charge is 2.32. The van der Waals surface area contributed by atoms with Gasteiger partial charge >= 0.3 is 0 Å². The summed E-state index contributed by atoms with van der Waals surface area (Å²) in [6, 6.07) is 14.3. The third-order valence-corrected chi connectivity index (χ3v) is 4.40. The van der Waals surface area contributed by atoms with Gasteiger partial charge in [-0.05, 0) is 41.8 Å². The average Bonchev–Trinajstić information content (AvgIpc) is 2.95. The summed E-state index contributed by atoms with van der Waals surface area (Å²) >= 11 is 0. The normalized spacial score (nSPS) is 20.8. The Kier molecular flexibility index (Phi) is 4.79. The minimum Gasteiger partial charge on any atom is -0.497 e. The SMILES string of the molecule is COc1cccc([C@@H]2C[C@H](O)CN2Cc2ccc(C#N)c(F)c2)c1. The number of halogens is 1. The van der Waals surface area contributed by atoms with Gasteiger partial charge in [-0.3, -0.25) is 4.90 Å². The molecule has 1 aliphatic heterocycles. The van der Waals surface area contributed by atoms with Gasteiger partial charge < -0.3 is 9.84 Å². The van der Waals surface area contributed by atoms with Gasteiger partial charge in [-0.1, -0.05) is 18.2 Å². The molecule has 1 aliphatic rings. The van der Waals surface area contributed by atoms with E-state index < -0.39 is 11.9 Å². The number of rotatable bonds is 4. The fourth-order valence-electron chi connectivity index (χ4n) is 3.23. The summed E-state index contributed by atoms with van der Waals surface area (Å²) in [5, 5.41) is 18.9. The third kappa shape index (κ3) is 3.40. The molecule has 24 heavy (non-hydrogen) atoms. The quantitative estimate of drug-likeness (QED) is 0.938. The van der Waals surface area contributed by atoms with E-state index in [0.29, 0.717) is 19.5 Å². The van der Waals surface area contributed by atoms with Crippen molar-refractivity contribution in [1.29, 1.82) is 5.26 Å². The molecule has 0 aromatic heterocycles. The minimum absolute atomic E-state index is 0.0459. The predicted molar refractivity (Wildman–Crippen MR) is 87.9 cm³/mol. The molecule has 0 bridgehead atoms. The van der Waals surface area contributed by atoms with E-state index in [2.05, 4.69) is 4.90 Å². The summed E-state index contributed by atoms with van der Waals surface area (Å²) < 4.78 is 19.1. The van der Waals surface area contributed by atoms with Crippen molar-refractivity contribution in [2.75, 3.05) is 13.7 Å². The van der Waals surface area contributed by atoms with Crippen LogP contribution >= 0.6 is 0 Å². The fraction of sp³-hybridized carbons (Fsp3) is 0.316. The van der Waals surface area contributed by atoms with Crippen LogP contribution in [0.15, 0.2) is 42.5 Å². The largest absolute Gasteiger partial charge is 0.497 e. The lowest BCUT2D eigenvalue weighted by Gasteiger charge is -2.25. The second kappa shape index (κ2) is 7.00. The summed E-state index contributed by atoms with van der Waals surface area (Å²) in [7, 11) is 1.62. The van der Waals surface area contributed by atoms with Gasteiger partial charge in [-0.2, -0.15) is 5.26 Å². The van der Waals surface area contributed by atoms with Gasteiger partial charge in [-0.25, -0.2) is 4.39 Å². The van der Waals surface area contributed by atoms with Gasteiger partial charge in [0.05, 0.1) is 18.8 Å². The van der Waals surface area contributed by atoms with Crippen molar-refractivity contribution < 1.29 is 14.2 Å². The molecule has 1 fully saturated rings. The van der Waals surface area contributed by atoms with Crippen molar-refractivity contribution in [3.8, 4) is 11.8 Å². The Hall–Kier alpha value is -2.42. The summed E-state index contributed by atoms with van der Waals surface area (Å²) in [5.41, 5.74) is 1.90. The van der Waals surface area contributed by atoms with E-state index >= 15 is 0 Å². The number of hydrogen-bond donors (Lipinski definition) is 1. The van der Waals surface area contributed by atoms with E-state index in [0.717, 1.165) is 16.9 Å². The van der Waals surface area contributed by atoms with Crippen LogP contribution < -0.4 is 4.74 Å². The molecule has 124 valence electrons. The van der Waals surface area contributed by atoms with E-state index in [1.54, 1.807) is 13.2 Å². The van der Waals surface area contributed by atoms with Crippen LogP contribution in [0.25, 0.3) is 0 Å². The fourth-order valence-corrected chi connectivity index (χ4v) is 3.23. The van der Waals surface area contributed by atoms with Crippen molar-refractivity contribution >= 4 is 0 Å². The van der Waals surface area contributed by atoms with E-state index in [-0.39, 0.29) is 11.6 Å². The summed E-state index contributed by atoms with van der Waals surface area (Å²) in [4.78, 5) is 2.13. The predicted octanol–water partition coefficient (Wildman–Crippen LogP) is 3.01. The molecular formula is C19H19FN2O2. The third-order valence-electron chi connectivity index (χ3n) is 4.40. The van der Waals surface area contributed by atoms with Crippen LogP contribution in [0.3, 0.4) is 0 Å². The number of aliphatic hydroxyl groups is 1. The Balaban J connectivity index is 1.83. The molecule has 0 amide bonds. The maximum absolute atomic E-state index is 13.8. The molecule has 1 saturated heterocycles. The van der Waals surface area contributed by atoms with E-state index in [4.69, 9.17) is 10.00 Å². The first-order valence-corrected chi connectivity index (χ1v) is 7.85. The smallest absolute Gasteiger partial charge is 0.141 e. The van der Waals surface area contributed by atoms with Gasteiger partial charge in [0.1, 0.15) is 17.6 Å². The van der Waals surface area contributed by atoms with E-state index in [1.165, 1.54) is 12.1 Å². The molecule has 4 nitrogen and oxygen atoms in total. The second-order valence-corrected chi connectivity index (χ2v) is 6.04. The van der Waals surface area contributed by atoms with Gasteiger partial charge in [0.2, 0.25) is 0 Å². The number of benzene rings is 2. The average molecular weight is 326 g/mol. The lowest BCUT2D eigenvalue weighted by atomic mass is 10.0. The molecule has 0 spiro atoms. The highest BCUT2D eigenvalue weighted by Crippen LogP contribution is 2.34. The van der Waals surface area contributed by atoms with E-state index in [1.807, 2.05) is 30.3 Å². The van der Waals surface area contributed by atoms with Gasteiger partial charge in [-0.15, -0.1) is 0 Å². The highest BCUT2D eigenvalue weighted by atomic mass is 19.1. The maximum Gasteiger partial charge on any atom is 0.141 e. The number of methoxy groups -OCH3 is 1. The van der Waals surface area contributed by atoms with E-state index in [9.17, 15) is 9.50 Å². The number of nitrogens with zero attached hydrogens (tertiary/aromatic N) is 2. The molecule has 0 radical (unpaired) electrons. The molecular weight excluding hydrogens is 307 g/mol. The standard InChI is InChI=1S/C19H19FN2O2/c1-24-17-4-2-3-14(8-17)19-9-16(23)12-22(19)11-13-5-6-15(10-21)18(20)7-13/h2-8,16,19,23H,9,11-12H2,1H3/t16-,19-/m0/s1. The first-order chi connectivity index (χ1) is 11.6. The first kappa shape index (κ1) is 16.4. The van der Waals surface area contributed by atoms with Crippen LogP contribution in [0.2, 0.25) is 0 Å². The number of nitriles is 1. The number of ether oxygens (including phenoxy) is 1. The summed E-state index contributed by atoms with van der Waals surface area (Å²) in [6.07, 6.45) is 0.218. The Bertz CT molecular complexity index is 772. The molecule has 0 saturated carbocycles. The Morgan fingerprint density at radius 3 is 2.88 bits per heavy atom. The molecule has 1 N–H and O–H groups in total. The number of likely N-dealkylation sites (tertiary alicyclic amines) is 1. The van der Waals surface area contributed by atoms with Gasteiger partial charge in [0.25, 0.3) is 0 Å². The first-order valence-electron chi connectivity index (χ1n) is 7.85. The number of β-amino-alcohol motifs (C(OH)–C–C–N with tert-alkyl or cyclic N) is 1. The van der Waals surface area contributed by atoms with Crippen molar-refractivity contribution in [1.82, 2.24) is 4.90 Å². The zero-order valence-electron chi connectivity index (χ0n) is 13.4. The van der Waals surface area contributed by atoms with Crippen molar-refractivity contribution in [3.63, 3.8) is 0 Å². The molecule has 5 heteroatoms. The molecule has 0 aliphatic carbocycles. The minimum atomic E-state index is -0.507. The van der Waals surface area contributed by atoms with Crippen LogP contribution in [0.4, 0.5) is 4.39 Å². The Labute approximate surface area is 140 Å².